The molecule has 3 rings (SSSR count). The fraction of sp³-hybridized carbons (Fsp3) is 0.769. The Kier molecular flexibility index (Phi) is 3.50. The van der Waals surface area contributed by atoms with Crippen molar-refractivity contribution >= 4 is 5.91 Å². The second-order valence-corrected chi connectivity index (χ2v) is 5.48. The summed E-state index contributed by atoms with van der Waals surface area (Å²) in [6.45, 7) is 2.64. The summed E-state index contributed by atoms with van der Waals surface area (Å²) in [4.78, 5) is 18.4. The van der Waals surface area contributed by atoms with Gasteiger partial charge < -0.3 is 9.64 Å². The Labute approximate surface area is 112 Å². The van der Waals surface area contributed by atoms with Crippen molar-refractivity contribution in [3.05, 3.63) is 12.7 Å². The number of carbonyl (C=O) groups is 1. The highest BCUT2D eigenvalue weighted by Crippen LogP contribution is 2.35. The lowest BCUT2D eigenvalue weighted by molar-refractivity contribution is -0.149. The predicted molar refractivity (Wildman–Crippen MR) is 68.4 cm³/mol. The summed E-state index contributed by atoms with van der Waals surface area (Å²) >= 11 is 0. The number of likely N-dealkylation sites (tertiary alicyclic amines) is 1. The van der Waals surface area contributed by atoms with Crippen LogP contribution in [0.3, 0.4) is 0 Å². The molecule has 2 saturated heterocycles. The fourth-order valence-electron chi connectivity index (χ4n) is 3.27. The third-order valence-electron chi connectivity index (χ3n) is 4.21. The van der Waals surface area contributed by atoms with Gasteiger partial charge in [-0.2, -0.15) is 5.10 Å². The molecule has 0 aliphatic carbocycles. The maximum absolute atomic E-state index is 12.5. The number of ether oxygens (including phenoxy) is 1. The monoisotopic (exact) mass is 264 g/mol. The molecule has 0 radical (unpaired) electrons. The molecule has 6 nitrogen and oxygen atoms in total. The molecule has 1 amide bonds. The zero-order valence-electron chi connectivity index (χ0n) is 11.1. The average molecular weight is 264 g/mol. The number of aromatic nitrogens is 3. The van der Waals surface area contributed by atoms with Gasteiger partial charge in [-0.3, -0.25) is 4.79 Å². The van der Waals surface area contributed by atoms with Crippen molar-refractivity contribution in [2.24, 2.45) is 0 Å². The van der Waals surface area contributed by atoms with Crippen LogP contribution in [0.2, 0.25) is 0 Å². The number of carbonyl (C=O) groups excluding carboxylic acids is 1. The first-order valence-electron chi connectivity index (χ1n) is 7.01. The van der Waals surface area contributed by atoms with E-state index in [0.29, 0.717) is 6.61 Å². The molecular weight excluding hydrogens is 244 g/mol. The highest BCUT2D eigenvalue weighted by atomic mass is 16.5. The first kappa shape index (κ1) is 12.6. The van der Waals surface area contributed by atoms with Crippen molar-refractivity contribution in [3.8, 4) is 0 Å². The van der Waals surface area contributed by atoms with E-state index in [1.807, 2.05) is 4.90 Å². The fourth-order valence-corrected chi connectivity index (χ4v) is 3.27. The van der Waals surface area contributed by atoms with Crippen LogP contribution < -0.4 is 0 Å². The first-order valence-corrected chi connectivity index (χ1v) is 7.01. The van der Waals surface area contributed by atoms with Crippen molar-refractivity contribution in [2.45, 2.75) is 44.2 Å². The van der Waals surface area contributed by atoms with E-state index in [4.69, 9.17) is 4.74 Å². The van der Waals surface area contributed by atoms with Gasteiger partial charge in [-0.15, -0.1) is 0 Å². The van der Waals surface area contributed by atoms with E-state index in [-0.39, 0.29) is 18.0 Å². The van der Waals surface area contributed by atoms with Crippen molar-refractivity contribution in [1.29, 1.82) is 0 Å². The Hall–Kier alpha value is -1.43. The third kappa shape index (κ3) is 2.49. The van der Waals surface area contributed by atoms with E-state index < -0.39 is 0 Å². The van der Waals surface area contributed by atoms with Crippen LogP contribution in [0, 0.1) is 0 Å². The summed E-state index contributed by atoms with van der Waals surface area (Å²) in [6.07, 6.45) is 8.51. The Morgan fingerprint density at radius 2 is 2.21 bits per heavy atom. The summed E-state index contributed by atoms with van der Waals surface area (Å²) in [5.74, 6) is 0.135. The highest BCUT2D eigenvalue weighted by Gasteiger charge is 2.42. The van der Waals surface area contributed by atoms with Gasteiger partial charge in [0.1, 0.15) is 19.2 Å². The number of nitrogens with zero attached hydrogens (tertiary/aromatic N) is 4. The van der Waals surface area contributed by atoms with Gasteiger partial charge >= 0.3 is 0 Å². The number of piperidine rings is 1. The Balaban J connectivity index is 1.74. The molecule has 104 valence electrons. The van der Waals surface area contributed by atoms with Crippen LogP contribution in [0.25, 0.3) is 0 Å². The molecule has 0 aromatic carbocycles. The largest absolute Gasteiger partial charge is 0.379 e. The minimum absolute atomic E-state index is 0.0613. The van der Waals surface area contributed by atoms with Gasteiger partial charge in [0.15, 0.2) is 0 Å². The third-order valence-corrected chi connectivity index (χ3v) is 4.21. The summed E-state index contributed by atoms with van der Waals surface area (Å²) in [7, 11) is 0. The molecule has 3 heterocycles. The molecule has 0 bridgehead atoms. The lowest BCUT2D eigenvalue weighted by atomic mass is 9.82. The number of rotatable bonds is 2. The predicted octanol–water partition coefficient (Wildman–Crippen LogP) is 0.840. The van der Waals surface area contributed by atoms with E-state index in [2.05, 4.69) is 10.1 Å². The Morgan fingerprint density at radius 3 is 2.95 bits per heavy atom. The molecule has 2 aliphatic heterocycles. The van der Waals surface area contributed by atoms with E-state index >= 15 is 0 Å². The van der Waals surface area contributed by atoms with Gasteiger partial charge in [-0.05, 0) is 32.1 Å². The molecule has 19 heavy (non-hydrogen) atoms. The second kappa shape index (κ2) is 5.28. The minimum atomic E-state index is -0.0613. The number of hydrogen-bond donors (Lipinski definition) is 0. The molecule has 1 unspecified atom stereocenters. The summed E-state index contributed by atoms with van der Waals surface area (Å²) in [5.41, 5.74) is -0.0613. The summed E-state index contributed by atoms with van der Waals surface area (Å²) < 4.78 is 7.24. The van der Waals surface area contributed by atoms with Crippen LogP contribution in [0.4, 0.5) is 0 Å². The normalized spacial score (nSPS) is 27.7. The van der Waals surface area contributed by atoms with E-state index in [0.717, 1.165) is 38.8 Å². The van der Waals surface area contributed by atoms with Crippen molar-refractivity contribution < 1.29 is 9.53 Å². The quantitative estimate of drug-likeness (QED) is 0.794. The van der Waals surface area contributed by atoms with Crippen LogP contribution >= 0.6 is 0 Å². The molecule has 2 fully saturated rings. The van der Waals surface area contributed by atoms with Gasteiger partial charge in [-0.25, -0.2) is 9.67 Å². The zero-order chi connectivity index (χ0) is 13.1. The van der Waals surface area contributed by atoms with Crippen molar-refractivity contribution in [2.75, 3.05) is 19.8 Å². The molecule has 0 saturated carbocycles. The molecule has 1 aromatic heterocycles. The zero-order valence-corrected chi connectivity index (χ0v) is 11.1. The SMILES string of the molecule is O=C(Cn1cncn1)N1CCCCC12CCCOC2. The first-order chi connectivity index (χ1) is 9.30. The Bertz CT molecular complexity index is 418. The second-order valence-electron chi connectivity index (χ2n) is 5.48. The molecule has 6 heteroatoms. The molecule has 1 spiro atoms. The topological polar surface area (TPSA) is 60.2 Å². The standard InChI is InChI=1S/C13H20N4O2/c18-12(8-16-11-14-10-15-16)17-6-2-1-4-13(17)5-3-7-19-9-13/h10-11H,1-9H2. The van der Waals surface area contributed by atoms with Gasteiger partial charge in [0.2, 0.25) is 5.91 Å². The lowest BCUT2D eigenvalue weighted by Gasteiger charge is -2.49. The highest BCUT2D eigenvalue weighted by molar-refractivity contribution is 5.77. The molecule has 0 N–H and O–H groups in total. The minimum Gasteiger partial charge on any atom is -0.379 e. The number of amides is 1. The molecule has 1 atom stereocenters. The molecular formula is C13H20N4O2. The van der Waals surface area contributed by atoms with Gasteiger partial charge in [-0.1, -0.05) is 0 Å². The van der Waals surface area contributed by atoms with Gasteiger partial charge in [0.05, 0.1) is 12.1 Å². The summed E-state index contributed by atoms with van der Waals surface area (Å²) in [5, 5.41) is 4.01. The van der Waals surface area contributed by atoms with Gasteiger partial charge in [0, 0.05) is 13.2 Å². The average Bonchev–Trinajstić information content (AvgIpc) is 2.93. The van der Waals surface area contributed by atoms with Gasteiger partial charge in [0.25, 0.3) is 0 Å². The van der Waals surface area contributed by atoms with Crippen LogP contribution in [0.5, 0.6) is 0 Å². The molecule has 1 aromatic rings. The Morgan fingerprint density at radius 1 is 1.32 bits per heavy atom. The maximum Gasteiger partial charge on any atom is 0.244 e. The van der Waals surface area contributed by atoms with Crippen molar-refractivity contribution in [1.82, 2.24) is 19.7 Å². The van der Waals surface area contributed by atoms with E-state index in [9.17, 15) is 4.79 Å². The van der Waals surface area contributed by atoms with E-state index in [1.54, 1.807) is 11.0 Å². The van der Waals surface area contributed by atoms with Crippen molar-refractivity contribution in [3.63, 3.8) is 0 Å². The van der Waals surface area contributed by atoms with Crippen LogP contribution in [0.1, 0.15) is 32.1 Å². The number of hydrogen-bond acceptors (Lipinski definition) is 4. The van der Waals surface area contributed by atoms with Crippen LogP contribution in [-0.4, -0.2) is 50.9 Å². The smallest absolute Gasteiger partial charge is 0.244 e. The molecule has 2 aliphatic rings. The maximum atomic E-state index is 12.5. The van der Waals surface area contributed by atoms with Crippen LogP contribution in [-0.2, 0) is 16.1 Å². The lowest BCUT2D eigenvalue weighted by Crippen LogP contribution is -2.59. The van der Waals surface area contributed by atoms with E-state index in [1.165, 1.54) is 12.7 Å². The van der Waals surface area contributed by atoms with Crippen LogP contribution in [0.15, 0.2) is 12.7 Å². The summed E-state index contributed by atoms with van der Waals surface area (Å²) in [6, 6.07) is 0.